The first-order valence-electron chi connectivity index (χ1n) is 5.24. The fourth-order valence-corrected chi connectivity index (χ4v) is 1.59. The number of rotatable bonds is 2. The van der Waals surface area contributed by atoms with Crippen LogP contribution in [0.5, 0.6) is 0 Å². The van der Waals surface area contributed by atoms with Crippen molar-refractivity contribution in [2.24, 2.45) is 0 Å². The van der Waals surface area contributed by atoms with Crippen molar-refractivity contribution in [3.8, 4) is 0 Å². The highest BCUT2D eigenvalue weighted by Crippen LogP contribution is 2.16. The van der Waals surface area contributed by atoms with E-state index in [4.69, 9.17) is 0 Å². The molecule has 0 radical (unpaired) electrons. The first-order chi connectivity index (χ1) is 8.47. The zero-order chi connectivity index (χ0) is 13.3. The molecule has 18 heavy (non-hydrogen) atoms. The maximum absolute atomic E-state index is 13.3. The van der Waals surface area contributed by atoms with Crippen molar-refractivity contribution in [2.45, 2.75) is 6.92 Å². The lowest BCUT2D eigenvalue weighted by atomic mass is 10.0. The summed E-state index contributed by atoms with van der Waals surface area (Å²) in [6, 6.07) is 6.43. The fourth-order valence-electron chi connectivity index (χ4n) is 1.59. The number of ketones is 1. The van der Waals surface area contributed by atoms with Gasteiger partial charge in [0.15, 0.2) is 5.78 Å². The second-order valence-electron chi connectivity index (χ2n) is 3.95. The fraction of sp³-hybridized carbons (Fsp3) is 0.0714. The molecule has 0 unspecified atom stereocenters. The highest BCUT2D eigenvalue weighted by atomic mass is 19.1. The molecule has 92 valence electrons. The van der Waals surface area contributed by atoms with Gasteiger partial charge in [0.2, 0.25) is 0 Å². The van der Waals surface area contributed by atoms with Gasteiger partial charge in [-0.2, -0.15) is 0 Å². The van der Waals surface area contributed by atoms with E-state index in [1.54, 1.807) is 6.92 Å². The molecule has 0 saturated carbocycles. The summed E-state index contributed by atoms with van der Waals surface area (Å²) in [6.45, 7) is 1.56. The summed E-state index contributed by atoms with van der Waals surface area (Å²) in [7, 11) is 0. The van der Waals surface area contributed by atoms with E-state index >= 15 is 0 Å². The van der Waals surface area contributed by atoms with Crippen LogP contribution in [-0.2, 0) is 0 Å². The topological polar surface area (TPSA) is 17.1 Å². The number of carbonyl (C=O) groups is 1. The highest BCUT2D eigenvalue weighted by molar-refractivity contribution is 6.09. The lowest BCUT2D eigenvalue weighted by Gasteiger charge is -2.03. The highest BCUT2D eigenvalue weighted by Gasteiger charge is 2.13. The van der Waals surface area contributed by atoms with Gasteiger partial charge < -0.3 is 0 Å². The van der Waals surface area contributed by atoms with Crippen LogP contribution in [-0.4, -0.2) is 5.78 Å². The van der Waals surface area contributed by atoms with Gasteiger partial charge >= 0.3 is 0 Å². The van der Waals surface area contributed by atoms with Crippen LogP contribution in [0.4, 0.5) is 13.2 Å². The minimum Gasteiger partial charge on any atom is -0.289 e. The molecule has 0 spiro atoms. The van der Waals surface area contributed by atoms with Crippen LogP contribution in [0, 0.1) is 24.4 Å². The summed E-state index contributed by atoms with van der Waals surface area (Å²) < 4.78 is 39.3. The monoisotopic (exact) mass is 250 g/mol. The maximum Gasteiger partial charge on any atom is 0.193 e. The molecule has 0 heterocycles. The predicted octanol–water partition coefficient (Wildman–Crippen LogP) is 3.64. The normalized spacial score (nSPS) is 10.4. The van der Waals surface area contributed by atoms with Gasteiger partial charge in [0.25, 0.3) is 0 Å². The smallest absolute Gasteiger partial charge is 0.193 e. The number of aryl methyl sites for hydroxylation is 1. The van der Waals surface area contributed by atoms with E-state index in [2.05, 4.69) is 0 Å². The second kappa shape index (κ2) is 4.64. The van der Waals surface area contributed by atoms with Crippen LogP contribution < -0.4 is 0 Å². The second-order valence-corrected chi connectivity index (χ2v) is 3.95. The van der Waals surface area contributed by atoms with Gasteiger partial charge in [-0.05, 0) is 30.7 Å². The van der Waals surface area contributed by atoms with Crippen molar-refractivity contribution < 1.29 is 18.0 Å². The van der Waals surface area contributed by atoms with Crippen molar-refractivity contribution in [2.75, 3.05) is 0 Å². The third kappa shape index (κ3) is 2.42. The van der Waals surface area contributed by atoms with Crippen LogP contribution in [0.25, 0.3) is 0 Å². The molecular weight excluding hydrogens is 241 g/mol. The summed E-state index contributed by atoms with van der Waals surface area (Å²) >= 11 is 0. The maximum atomic E-state index is 13.3. The van der Waals surface area contributed by atoms with E-state index in [0.717, 1.165) is 18.2 Å². The Morgan fingerprint density at radius 2 is 1.50 bits per heavy atom. The molecule has 2 aromatic carbocycles. The molecule has 4 heteroatoms. The summed E-state index contributed by atoms with van der Waals surface area (Å²) in [4.78, 5) is 11.9. The summed E-state index contributed by atoms with van der Waals surface area (Å²) in [5.74, 6) is -2.83. The van der Waals surface area contributed by atoms with Crippen molar-refractivity contribution in [1.29, 1.82) is 0 Å². The van der Waals surface area contributed by atoms with E-state index in [1.165, 1.54) is 12.1 Å². The molecule has 0 saturated heterocycles. The molecule has 2 aromatic rings. The summed E-state index contributed by atoms with van der Waals surface area (Å²) in [5.41, 5.74) is 0.316. The molecular formula is C14H9F3O. The van der Waals surface area contributed by atoms with Gasteiger partial charge in [0.1, 0.15) is 17.5 Å². The van der Waals surface area contributed by atoms with Crippen molar-refractivity contribution in [1.82, 2.24) is 0 Å². The Morgan fingerprint density at radius 1 is 0.889 bits per heavy atom. The Balaban J connectivity index is 2.44. The van der Waals surface area contributed by atoms with Crippen molar-refractivity contribution in [3.05, 3.63) is 70.5 Å². The molecule has 0 aromatic heterocycles. The number of carbonyl (C=O) groups excluding carboxylic acids is 1. The lowest BCUT2D eigenvalue weighted by Crippen LogP contribution is -2.03. The predicted molar refractivity (Wildman–Crippen MR) is 60.9 cm³/mol. The Bertz CT molecular complexity index is 600. The van der Waals surface area contributed by atoms with Gasteiger partial charge in [-0.15, -0.1) is 0 Å². The van der Waals surface area contributed by atoms with E-state index in [1.807, 2.05) is 0 Å². The molecule has 0 atom stereocenters. The molecule has 2 rings (SSSR count). The number of benzene rings is 2. The van der Waals surface area contributed by atoms with E-state index in [0.29, 0.717) is 11.6 Å². The quantitative estimate of drug-likeness (QED) is 0.743. The zero-order valence-electron chi connectivity index (χ0n) is 9.51. The van der Waals surface area contributed by atoms with Crippen LogP contribution in [0.1, 0.15) is 21.5 Å². The minimum atomic E-state index is -0.842. The van der Waals surface area contributed by atoms with Crippen LogP contribution in [0.3, 0.4) is 0 Å². The Labute approximate surface area is 102 Å². The SMILES string of the molecule is Cc1ccc(C(=O)c2cc(F)cc(F)c2)cc1F. The van der Waals surface area contributed by atoms with E-state index in [9.17, 15) is 18.0 Å². The molecule has 0 aliphatic rings. The molecule has 0 N–H and O–H groups in total. The van der Waals surface area contributed by atoms with Crippen molar-refractivity contribution >= 4 is 5.78 Å². The summed E-state index contributed by atoms with van der Waals surface area (Å²) in [6.07, 6.45) is 0. The largest absolute Gasteiger partial charge is 0.289 e. The molecule has 0 fully saturated rings. The van der Waals surface area contributed by atoms with Gasteiger partial charge in [0.05, 0.1) is 0 Å². The Kier molecular flexibility index (Phi) is 3.19. The molecule has 0 amide bonds. The minimum absolute atomic E-state index is 0.0584. The third-order valence-corrected chi connectivity index (χ3v) is 2.56. The third-order valence-electron chi connectivity index (χ3n) is 2.56. The van der Waals surface area contributed by atoms with Crippen LogP contribution in [0.15, 0.2) is 36.4 Å². The Morgan fingerprint density at radius 3 is 2.06 bits per heavy atom. The van der Waals surface area contributed by atoms with Crippen LogP contribution >= 0.6 is 0 Å². The van der Waals surface area contributed by atoms with Crippen LogP contribution in [0.2, 0.25) is 0 Å². The molecule has 1 nitrogen and oxygen atoms in total. The number of halogens is 3. The molecule has 0 aliphatic carbocycles. The average Bonchev–Trinajstić information content (AvgIpc) is 2.30. The number of hydrogen-bond acceptors (Lipinski definition) is 1. The zero-order valence-corrected chi connectivity index (χ0v) is 9.51. The molecule has 0 aliphatic heterocycles. The van der Waals surface area contributed by atoms with Gasteiger partial charge in [0, 0.05) is 17.2 Å². The molecule has 0 bridgehead atoms. The standard InChI is InChI=1S/C14H9F3O/c1-8-2-3-9(6-13(8)17)14(18)10-4-11(15)7-12(16)5-10/h2-7H,1H3. The lowest BCUT2D eigenvalue weighted by molar-refractivity contribution is 0.103. The van der Waals surface area contributed by atoms with Gasteiger partial charge in [-0.3, -0.25) is 4.79 Å². The van der Waals surface area contributed by atoms with Gasteiger partial charge in [-0.1, -0.05) is 12.1 Å². The number of hydrogen-bond donors (Lipinski definition) is 0. The average molecular weight is 250 g/mol. The van der Waals surface area contributed by atoms with Crippen molar-refractivity contribution in [3.63, 3.8) is 0 Å². The first kappa shape index (κ1) is 12.4. The van der Waals surface area contributed by atoms with Gasteiger partial charge in [-0.25, -0.2) is 13.2 Å². The Hall–Kier alpha value is -2.10. The summed E-state index contributed by atoms with van der Waals surface area (Å²) in [5, 5.41) is 0. The van der Waals surface area contributed by atoms with E-state index < -0.39 is 23.2 Å². The first-order valence-corrected chi connectivity index (χ1v) is 5.24. The van der Waals surface area contributed by atoms with E-state index in [-0.39, 0.29) is 11.1 Å².